The molecule has 0 atom stereocenters. The van der Waals surface area contributed by atoms with E-state index < -0.39 is 5.54 Å². The summed E-state index contributed by atoms with van der Waals surface area (Å²) in [5.41, 5.74) is 1.02. The molecular weight excluding hydrogens is 354 g/mol. The fourth-order valence-corrected chi connectivity index (χ4v) is 3.81. The third-order valence-corrected chi connectivity index (χ3v) is 5.51. The molecule has 0 bridgehead atoms. The second-order valence-corrected chi connectivity index (χ2v) is 7.77. The Morgan fingerprint density at radius 1 is 1.25 bits per heavy atom. The van der Waals surface area contributed by atoms with Crippen LogP contribution in [0.15, 0.2) is 24.3 Å². The van der Waals surface area contributed by atoms with E-state index in [4.69, 9.17) is 0 Å². The van der Waals surface area contributed by atoms with Gasteiger partial charge in [-0.15, -0.1) is 5.10 Å². The highest BCUT2D eigenvalue weighted by Crippen LogP contribution is 2.36. The van der Waals surface area contributed by atoms with Crippen LogP contribution in [0.2, 0.25) is 0 Å². The van der Waals surface area contributed by atoms with Crippen molar-refractivity contribution in [2.45, 2.75) is 62.9 Å². The molecule has 2 aliphatic carbocycles. The van der Waals surface area contributed by atoms with Crippen LogP contribution >= 0.6 is 0 Å². The minimum absolute atomic E-state index is 0.125. The lowest BCUT2D eigenvalue weighted by atomic mass is 9.92. The van der Waals surface area contributed by atoms with Gasteiger partial charge in [0.2, 0.25) is 5.91 Å². The number of tetrazole rings is 1. The molecule has 0 unspecified atom stereocenters. The largest absolute Gasteiger partial charge is 0.376 e. The molecule has 0 aliphatic heterocycles. The smallest absolute Gasteiger partial charge is 0.240 e. The summed E-state index contributed by atoms with van der Waals surface area (Å²) in [5, 5.41) is 27.8. The molecule has 8 heteroatoms. The topological polar surface area (TPSA) is 109 Å². The Bertz CT molecular complexity index is 873. The molecule has 28 heavy (non-hydrogen) atoms. The Hall–Kier alpha value is -2.95. The number of aromatic nitrogens is 4. The first-order valence-corrected chi connectivity index (χ1v) is 10.0. The molecule has 8 nitrogen and oxygen atoms in total. The fourth-order valence-electron chi connectivity index (χ4n) is 3.81. The highest BCUT2D eigenvalue weighted by atomic mass is 16.2. The van der Waals surface area contributed by atoms with Crippen molar-refractivity contribution in [3.63, 3.8) is 0 Å². The van der Waals surface area contributed by atoms with Crippen molar-refractivity contribution >= 4 is 11.6 Å². The van der Waals surface area contributed by atoms with Crippen LogP contribution in [0.3, 0.4) is 0 Å². The van der Waals surface area contributed by atoms with Crippen LogP contribution in [0.1, 0.15) is 57.4 Å². The van der Waals surface area contributed by atoms with Crippen LogP contribution in [0.5, 0.6) is 0 Å². The van der Waals surface area contributed by atoms with E-state index in [2.05, 4.69) is 32.2 Å². The van der Waals surface area contributed by atoms with Crippen LogP contribution < -0.4 is 10.6 Å². The highest BCUT2D eigenvalue weighted by molar-refractivity contribution is 5.82. The van der Waals surface area contributed by atoms with Crippen molar-refractivity contribution in [2.75, 3.05) is 11.9 Å². The Balaban J connectivity index is 1.39. The van der Waals surface area contributed by atoms with Gasteiger partial charge in [-0.05, 0) is 48.2 Å². The van der Waals surface area contributed by atoms with Gasteiger partial charge in [0.1, 0.15) is 5.54 Å². The third-order valence-electron chi connectivity index (χ3n) is 5.51. The summed E-state index contributed by atoms with van der Waals surface area (Å²) in [6.07, 6.45) is 7.91. The molecule has 1 aromatic heterocycles. The molecule has 0 saturated heterocycles. The highest BCUT2D eigenvalue weighted by Gasteiger charge is 2.32. The minimum atomic E-state index is -0.719. The number of anilines is 1. The Morgan fingerprint density at radius 2 is 2.04 bits per heavy atom. The van der Waals surface area contributed by atoms with E-state index in [0.29, 0.717) is 6.04 Å². The molecule has 0 radical (unpaired) electrons. The lowest BCUT2D eigenvalue weighted by molar-refractivity contribution is -0.120. The molecule has 4 rings (SSSR count). The molecule has 0 spiro atoms. The van der Waals surface area contributed by atoms with Gasteiger partial charge in [0.25, 0.3) is 0 Å². The van der Waals surface area contributed by atoms with E-state index >= 15 is 0 Å². The summed E-state index contributed by atoms with van der Waals surface area (Å²) >= 11 is 0. The summed E-state index contributed by atoms with van der Waals surface area (Å²) < 4.78 is 1.87. The zero-order valence-corrected chi connectivity index (χ0v) is 15.9. The number of nitrogens with zero attached hydrogens (tertiary/aromatic N) is 5. The minimum Gasteiger partial charge on any atom is -0.376 e. The van der Waals surface area contributed by atoms with E-state index in [1.54, 1.807) is 0 Å². The predicted octanol–water partition coefficient (Wildman–Crippen LogP) is 2.82. The van der Waals surface area contributed by atoms with E-state index in [-0.39, 0.29) is 12.5 Å². The van der Waals surface area contributed by atoms with Gasteiger partial charge in [-0.25, -0.2) is 4.68 Å². The molecule has 1 heterocycles. The van der Waals surface area contributed by atoms with Gasteiger partial charge in [0, 0.05) is 11.3 Å². The second kappa shape index (κ2) is 7.97. The molecular formula is C20H25N7O. The summed E-state index contributed by atoms with van der Waals surface area (Å²) in [4.78, 5) is 12.5. The number of nitriles is 1. The second-order valence-electron chi connectivity index (χ2n) is 7.77. The molecule has 1 amide bonds. The van der Waals surface area contributed by atoms with Crippen LogP contribution in [-0.2, 0) is 4.79 Å². The van der Waals surface area contributed by atoms with Crippen LogP contribution in [-0.4, -0.2) is 38.2 Å². The number of hydrogen-bond donors (Lipinski definition) is 2. The molecule has 2 aliphatic rings. The van der Waals surface area contributed by atoms with Gasteiger partial charge in [-0.3, -0.25) is 4.79 Å². The normalized spacial score (nSPS) is 18.7. The molecule has 2 aromatic rings. The van der Waals surface area contributed by atoms with Gasteiger partial charge in [0.15, 0.2) is 5.82 Å². The fraction of sp³-hybridized carbons (Fsp3) is 0.550. The third kappa shape index (κ3) is 4.14. The van der Waals surface area contributed by atoms with Gasteiger partial charge < -0.3 is 10.6 Å². The van der Waals surface area contributed by atoms with Crippen LogP contribution in [0, 0.1) is 11.3 Å². The Morgan fingerprint density at radius 3 is 2.75 bits per heavy atom. The van der Waals surface area contributed by atoms with Gasteiger partial charge in [-0.1, -0.05) is 37.8 Å². The number of carbonyl (C=O) groups is 1. The van der Waals surface area contributed by atoms with E-state index in [1.165, 1.54) is 0 Å². The summed E-state index contributed by atoms with van der Waals surface area (Å²) in [7, 11) is 0. The van der Waals surface area contributed by atoms with Crippen molar-refractivity contribution in [1.82, 2.24) is 25.5 Å². The standard InChI is InChI=1S/C20H25N7O/c21-14-20(10-3-1-2-4-11-20)23-18(28)13-22-16-7-5-6-15(12-16)19-24-25-26-27(19)17-8-9-17/h5-7,12,17,22H,1-4,8-11,13H2,(H,23,28). The predicted molar refractivity (Wildman–Crippen MR) is 104 cm³/mol. The van der Waals surface area contributed by atoms with Crippen molar-refractivity contribution in [1.29, 1.82) is 5.26 Å². The first-order chi connectivity index (χ1) is 13.7. The van der Waals surface area contributed by atoms with Gasteiger partial charge >= 0.3 is 0 Å². The number of amides is 1. The zero-order chi connectivity index (χ0) is 19.4. The van der Waals surface area contributed by atoms with Gasteiger partial charge in [-0.2, -0.15) is 5.26 Å². The van der Waals surface area contributed by atoms with Crippen molar-refractivity contribution in [3.8, 4) is 17.5 Å². The summed E-state index contributed by atoms with van der Waals surface area (Å²) in [5.74, 6) is 0.592. The Labute approximate surface area is 164 Å². The first kappa shape index (κ1) is 18.4. The average molecular weight is 379 g/mol. The molecule has 1 aromatic carbocycles. The SMILES string of the molecule is N#CC1(NC(=O)CNc2cccc(-c3nnnn3C3CC3)c2)CCCCCC1. The first-order valence-electron chi connectivity index (χ1n) is 10.0. The zero-order valence-electron chi connectivity index (χ0n) is 15.9. The average Bonchev–Trinajstić information content (AvgIpc) is 3.49. The summed E-state index contributed by atoms with van der Waals surface area (Å²) in [6, 6.07) is 10.5. The number of rotatable bonds is 6. The van der Waals surface area contributed by atoms with Crippen LogP contribution in [0.25, 0.3) is 11.4 Å². The van der Waals surface area contributed by atoms with Gasteiger partial charge in [0.05, 0.1) is 18.7 Å². The van der Waals surface area contributed by atoms with Crippen molar-refractivity contribution in [2.24, 2.45) is 0 Å². The lowest BCUT2D eigenvalue weighted by Gasteiger charge is -2.26. The molecule has 2 N–H and O–H groups in total. The quantitative estimate of drug-likeness (QED) is 0.747. The molecule has 2 saturated carbocycles. The maximum absolute atomic E-state index is 12.5. The van der Waals surface area contributed by atoms with Crippen molar-refractivity contribution in [3.05, 3.63) is 24.3 Å². The van der Waals surface area contributed by atoms with Crippen LogP contribution in [0.4, 0.5) is 5.69 Å². The maximum Gasteiger partial charge on any atom is 0.240 e. The summed E-state index contributed by atoms with van der Waals surface area (Å²) in [6.45, 7) is 0.125. The molecule has 146 valence electrons. The maximum atomic E-state index is 12.5. The van der Waals surface area contributed by atoms with E-state index in [1.807, 2.05) is 28.9 Å². The Kier molecular flexibility index (Phi) is 5.24. The monoisotopic (exact) mass is 379 g/mol. The van der Waals surface area contributed by atoms with E-state index in [9.17, 15) is 10.1 Å². The van der Waals surface area contributed by atoms with E-state index in [0.717, 1.165) is 68.4 Å². The molecule has 2 fully saturated rings. The lowest BCUT2D eigenvalue weighted by Crippen LogP contribution is -2.48. The number of carbonyl (C=O) groups excluding carboxylic acids is 1. The van der Waals surface area contributed by atoms with Crippen molar-refractivity contribution < 1.29 is 4.79 Å². The number of hydrogen-bond acceptors (Lipinski definition) is 6. The number of nitrogens with one attached hydrogen (secondary N) is 2. The number of benzene rings is 1.